The molecule has 0 aliphatic heterocycles. The number of aryl methyl sites for hydroxylation is 2. The number of pyridine rings is 1. The van der Waals surface area contributed by atoms with Gasteiger partial charge in [0.1, 0.15) is 0 Å². The standard InChI is InChI=1S/C19H19NO2/c1-21-17-9-13-11-20-19-14-6-4-3-5-12(14)7-8-15(19)16(13)10-18(17)22-2/h7-11H,3-6H2,1-2H3. The highest BCUT2D eigenvalue weighted by Gasteiger charge is 2.16. The summed E-state index contributed by atoms with van der Waals surface area (Å²) in [5.41, 5.74) is 4.04. The summed E-state index contributed by atoms with van der Waals surface area (Å²) >= 11 is 0. The molecule has 22 heavy (non-hydrogen) atoms. The zero-order chi connectivity index (χ0) is 15.1. The normalized spacial score (nSPS) is 14.1. The van der Waals surface area contributed by atoms with Gasteiger partial charge in [-0.3, -0.25) is 4.98 Å². The third-order valence-electron chi connectivity index (χ3n) is 4.68. The summed E-state index contributed by atoms with van der Waals surface area (Å²) in [5.74, 6) is 1.51. The molecule has 112 valence electrons. The molecule has 1 aromatic heterocycles. The van der Waals surface area contributed by atoms with Crippen LogP contribution in [0.2, 0.25) is 0 Å². The Bertz CT molecular complexity index is 870. The maximum absolute atomic E-state index is 5.46. The van der Waals surface area contributed by atoms with Crippen LogP contribution in [0.25, 0.3) is 21.7 Å². The molecule has 1 aliphatic carbocycles. The van der Waals surface area contributed by atoms with E-state index in [1.807, 2.05) is 12.3 Å². The molecule has 0 radical (unpaired) electrons. The average Bonchev–Trinajstić information content (AvgIpc) is 2.59. The van der Waals surface area contributed by atoms with Crippen LogP contribution in [-0.4, -0.2) is 19.2 Å². The van der Waals surface area contributed by atoms with Gasteiger partial charge in [-0.15, -0.1) is 0 Å². The minimum absolute atomic E-state index is 0.745. The van der Waals surface area contributed by atoms with Crippen molar-refractivity contribution in [3.8, 4) is 11.5 Å². The molecule has 3 aromatic rings. The van der Waals surface area contributed by atoms with Gasteiger partial charge in [0.15, 0.2) is 11.5 Å². The van der Waals surface area contributed by atoms with E-state index in [0.717, 1.165) is 28.8 Å². The van der Waals surface area contributed by atoms with Crippen LogP contribution in [0.5, 0.6) is 11.5 Å². The minimum atomic E-state index is 0.745. The fraction of sp³-hybridized carbons (Fsp3) is 0.316. The first-order valence-corrected chi connectivity index (χ1v) is 7.77. The molecular weight excluding hydrogens is 274 g/mol. The smallest absolute Gasteiger partial charge is 0.161 e. The van der Waals surface area contributed by atoms with E-state index < -0.39 is 0 Å². The van der Waals surface area contributed by atoms with Gasteiger partial charge in [-0.2, -0.15) is 0 Å². The van der Waals surface area contributed by atoms with Gasteiger partial charge in [-0.1, -0.05) is 12.1 Å². The molecular formula is C19H19NO2. The van der Waals surface area contributed by atoms with Gasteiger partial charge in [0, 0.05) is 17.0 Å². The van der Waals surface area contributed by atoms with Crippen molar-refractivity contribution < 1.29 is 9.47 Å². The van der Waals surface area contributed by atoms with Crippen LogP contribution in [-0.2, 0) is 12.8 Å². The Morgan fingerprint density at radius 3 is 2.50 bits per heavy atom. The number of benzene rings is 2. The molecule has 0 saturated heterocycles. The molecule has 0 saturated carbocycles. The van der Waals surface area contributed by atoms with Crippen LogP contribution >= 0.6 is 0 Å². The number of rotatable bonds is 2. The van der Waals surface area contributed by atoms with Crippen LogP contribution in [0.15, 0.2) is 30.5 Å². The van der Waals surface area contributed by atoms with Crippen molar-refractivity contribution in [2.75, 3.05) is 14.2 Å². The lowest BCUT2D eigenvalue weighted by atomic mass is 9.89. The molecule has 0 spiro atoms. The Morgan fingerprint density at radius 2 is 1.68 bits per heavy atom. The highest BCUT2D eigenvalue weighted by atomic mass is 16.5. The van der Waals surface area contributed by atoms with Crippen LogP contribution in [0.1, 0.15) is 24.0 Å². The lowest BCUT2D eigenvalue weighted by molar-refractivity contribution is 0.356. The maximum Gasteiger partial charge on any atom is 0.161 e. The van der Waals surface area contributed by atoms with Gasteiger partial charge in [0.05, 0.1) is 19.7 Å². The lowest BCUT2D eigenvalue weighted by Gasteiger charge is -2.18. The van der Waals surface area contributed by atoms with E-state index in [0.29, 0.717) is 0 Å². The predicted octanol–water partition coefficient (Wildman–Crippen LogP) is 4.28. The molecule has 1 heterocycles. The monoisotopic (exact) mass is 293 g/mol. The van der Waals surface area contributed by atoms with Crippen LogP contribution < -0.4 is 9.47 Å². The van der Waals surface area contributed by atoms with E-state index in [9.17, 15) is 0 Å². The summed E-state index contributed by atoms with van der Waals surface area (Å²) in [5, 5.41) is 3.47. The first kappa shape index (κ1) is 13.4. The topological polar surface area (TPSA) is 31.4 Å². The Hall–Kier alpha value is -2.29. The molecule has 0 fully saturated rings. The van der Waals surface area contributed by atoms with E-state index in [1.165, 1.54) is 41.2 Å². The Balaban J connectivity index is 2.06. The molecule has 0 unspecified atom stereocenters. The van der Waals surface area contributed by atoms with E-state index >= 15 is 0 Å². The molecule has 0 amide bonds. The van der Waals surface area contributed by atoms with Gasteiger partial charge in [0.2, 0.25) is 0 Å². The number of hydrogen-bond acceptors (Lipinski definition) is 3. The quantitative estimate of drug-likeness (QED) is 0.661. The molecule has 2 aromatic carbocycles. The number of methoxy groups -OCH3 is 2. The van der Waals surface area contributed by atoms with Crippen molar-refractivity contribution in [2.45, 2.75) is 25.7 Å². The second kappa shape index (κ2) is 5.16. The van der Waals surface area contributed by atoms with Crippen molar-refractivity contribution >= 4 is 21.7 Å². The summed E-state index contributed by atoms with van der Waals surface area (Å²) in [6.07, 6.45) is 6.82. The van der Waals surface area contributed by atoms with Crippen LogP contribution in [0.3, 0.4) is 0 Å². The summed E-state index contributed by atoms with van der Waals surface area (Å²) in [6.45, 7) is 0. The number of ether oxygens (including phenoxy) is 2. The molecule has 4 rings (SSSR count). The van der Waals surface area contributed by atoms with Crippen molar-refractivity contribution in [1.82, 2.24) is 4.98 Å². The number of fused-ring (bicyclic) bond motifs is 5. The molecule has 3 heteroatoms. The summed E-state index contributed by atoms with van der Waals surface area (Å²) < 4.78 is 10.9. The third kappa shape index (κ3) is 1.92. The summed E-state index contributed by atoms with van der Waals surface area (Å²) in [7, 11) is 3.34. The Morgan fingerprint density at radius 1 is 0.909 bits per heavy atom. The highest BCUT2D eigenvalue weighted by Crippen LogP contribution is 2.37. The van der Waals surface area contributed by atoms with Crippen molar-refractivity contribution in [1.29, 1.82) is 0 Å². The molecule has 3 nitrogen and oxygen atoms in total. The van der Waals surface area contributed by atoms with Gasteiger partial charge in [-0.05, 0) is 54.3 Å². The fourth-order valence-electron chi connectivity index (χ4n) is 3.54. The summed E-state index contributed by atoms with van der Waals surface area (Å²) in [6, 6.07) is 8.54. The molecule has 0 atom stereocenters. The second-order valence-electron chi connectivity index (χ2n) is 5.86. The highest BCUT2D eigenvalue weighted by molar-refractivity contribution is 6.07. The first-order chi connectivity index (χ1) is 10.8. The zero-order valence-electron chi connectivity index (χ0n) is 13.0. The van der Waals surface area contributed by atoms with Gasteiger partial charge in [0.25, 0.3) is 0 Å². The van der Waals surface area contributed by atoms with E-state index in [1.54, 1.807) is 14.2 Å². The second-order valence-corrected chi connectivity index (χ2v) is 5.86. The Labute approximate surface area is 129 Å². The van der Waals surface area contributed by atoms with Gasteiger partial charge < -0.3 is 9.47 Å². The van der Waals surface area contributed by atoms with E-state index in [2.05, 4.69) is 18.2 Å². The third-order valence-corrected chi connectivity index (χ3v) is 4.68. The van der Waals surface area contributed by atoms with Crippen LogP contribution in [0, 0.1) is 0 Å². The molecule has 0 N–H and O–H groups in total. The van der Waals surface area contributed by atoms with E-state index in [4.69, 9.17) is 14.5 Å². The van der Waals surface area contributed by atoms with Gasteiger partial charge in [-0.25, -0.2) is 0 Å². The number of hydrogen-bond donors (Lipinski definition) is 0. The van der Waals surface area contributed by atoms with Crippen LogP contribution in [0.4, 0.5) is 0 Å². The average molecular weight is 293 g/mol. The zero-order valence-corrected chi connectivity index (χ0v) is 13.0. The largest absolute Gasteiger partial charge is 0.493 e. The Kier molecular flexibility index (Phi) is 3.14. The maximum atomic E-state index is 5.46. The molecule has 0 bridgehead atoms. The van der Waals surface area contributed by atoms with Gasteiger partial charge >= 0.3 is 0 Å². The first-order valence-electron chi connectivity index (χ1n) is 7.77. The predicted molar refractivity (Wildman–Crippen MR) is 89.0 cm³/mol. The SMILES string of the molecule is COc1cc2cnc3c4c(ccc3c2cc1OC)CCCC4. The minimum Gasteiger partial charge on any atom is -0.493 e. The van der Waals surface area contributed by atoms with Crippen molar-refractivity contribution in [3.63, 3.8) is 0 Å². The number of nitrogens with zero attached hydrogens (tertiary/aromatic N) is 1. The van der Waals surface area contributed by atoms with Crippen molar-refractivity contribution in [2.24, 2.45) is 0 Å². The fourth-order valence-corrected chi connectivity index (χ4v) is 3.54. The molecule has 1 aliphatic rings. The number of aromatic nitrogens is 1. The van der Waals surface area contributed by atoms with E-state index in [-0.39, 0.29) is 0 Å². The van der Waals surface area contributed by atoms with Crippen molar-refractivity contribution in [3.05, 3.63) is 41.6 Å². The lowest BCUT2D eigenvalue weighted by Crippen LogP contribution is -2.04. The summed E-state index contributed by atoms with van der Waals surface area (Å²) in [4.78, 5) is 4.76.